The summed E-state index contributed by atoms with van der Waals surface area (Å²) in [5.74, 6) is -0.564. The Hall–Kier alpha value is -2.48. The van der Waals surface area contributed by atoms with E-state index in [9.17, 15) is 4.79 Å². The lowest BCUT2D eigenvalue weighted by atomic mass is 10.1. The number of nitrogens with two attached hydrogens (primary N) is 1. The highest BCUT2D eigenvalue weighted by Gasteiger charge is 2.03. The van der Waals surface area contributed by atoms with Crippen LogP contribution in [0.25, 0.3) is 0 Å². The van der Waals surface area contributed by atoms with Crippen LogP contribution in [0.3, 0.4) is 0 Å². The van der Waals surface area contributed by atoms with Crippen molar-refractivity contribution in [2.45, 2.75) is 6.92 Å². The fraction of sp³-hybridized carbons (Fsp3) is 0.0909. The molecule has 0 radical (unpaired) electrons. The lowest BCUT2D eigenvalue weighted by molar-refractivity contribution is -0.114. The Morgan fingerprint density at radius 3 is 2.75 bits per heavy atom. The quantitative estimate of drug-likeness (QED) is 0.573. The van der Waals surface area contributed by atoms with Gasteiger partial charge in [-0.25, -0.2) is 4.98 Å². The molecule has 0 atom stereocenters. The van der Waals surface area contributed by atoms with Crippen LogP contribution in [0.5, 0.6) is 0 Å². The molecule has 0 unspecified atom stereocenters. The molecule has 0 aliphatic heterocycles. The summed E-state index contributed by atoms with van der Waals surface area (Å²) < 4.78 is 0. The van der Waals surface area contributed by atoms with Crippen molar-refractivity contribution < 1.29 is 4.79 Å². The minimum absolute atomic E-state index is 0.133. The van der Waals surface area contributed by atoms with Gasteiger partial charge in [0.05, 0.1) is 5.71 Å². The van der Waals surface area contributed by atoms with Crippen LogP contribution in [0.15, 0.2) is 30.0 Å². The molecule has 0 aliphatic carbocycles. The molecule has 0 spiro atoms. The van der Waals surface area contributed by atoms with Crippen LogP contribution in [0.4, 0.5) is 0 Å². The van der Waals surface area contributed by atoms with E-state index in [0.29, 0.717) is 11.1 Å². The number of pyridine rings is 1. The van der Waals surface area contributed by atoms with Gasteiger partial charge in [-0.3, -0.25) is 4.79 Å². The van der Waals surface area contributed by atoms with Crippen molar-refractivity contribution in [1.29, 1.82) is 10.7 Å². The molecule has 3 N–H and O–H groups in total. The molecule has 5 heteroatoms. The topological polar surface area (TPSA) is 104 Å². The number of nitrogens with zero attached hydrogens (tertiary/aromatic N) is 2. The minimum atomic E-state index is -0.564. The second-order valence-electron chi connectivity index (χ2n) is 3.15. The normalized spacial score (nSPS) is 10.6. The van der Waals surface area contributed by atoms with Crippen molar-refractivity contribution in [2.24, 2.45) is 5.73 Å². The zero-order valence-corrected chi connectivity index (χ0v) is 8.69. The summed E-state index contributed by atoms with van der Waals surface area (Å²) in [4.78, 5) is 14.6. The van der Waals surface area contributed by atoms with E-state index in [1.54, 1.807) is 6.07 Å². The number of rotatable bonds is 3. The molecule has 0 bridgehead atoms. The summed E-state index contributed by atoms with van der Waals surface area (Å²) in [6.07, 6.45) is 2.77. The fourth-order valence-electron chi connectivity index (χ4n) is 0.990. The van der Waals surface area contributed by atoms with Crippen molar-refractivity contribution in [3.8, 4) is 6.07 Å². The van der Waals surface area contributed by atoms with Gasteiger partial charge in [0.15, 0.2) is 0 Å². The van der Waals surface area contributed by atoms with Crippen LogP contribution in [-0.4, -0.2) is 16.6 Å². The van der Waals surface area contributed by atoms with Gasteiger partial charge in [-0.05, 0) is 25.1 Å². The first kappa shape index (κ1) is 11.6. The summed E-state index contributed by atoms with van der Waals surface area (Å²) in [6.45, 7) is 1.54. The van der Waals surface area contributed by atoms with Crippen molar-refractivity contribution in [2.75, 3.05) is 0 Å². The Morgan fingerprint density at radius 2 is 2.31 bits per heavy atom. The van der Waals surface area contributed by atoms with Crippen molar-refractivity contribution in [3.63, 3.8) is 0 Å². The fourth-order valence-corrected chi connectivity index (χ4v) is 0.990. The molecule has 1 rings (SSSR count). The minimum Gasteiger partial charge on any atom is -0.366 e. The molecule has 80 valence electrons. The predicted molar refractivity (Wildman–Crippen MR) is 58.7 cm³/mol. The van der Waals surface area contributed by atoms with E-state index in [-0.39, 0.29) is 11.4 Å². The zero-order chi connectivity index (χ0) is 12.1. The van der Waals surface area contributed by atoms with Gasteiger partial charge >= 0.3 is 0 Å². The van der Waals surface area contributed by atoms with Gasteiger partial charge in [0.2, 0.25) is 5.91 Å². The zero-order valence-electron chi connectivity index (χ0n) is 8.69. The maximum absolute atomic E-state index is 10.8. The van der Waals surface area contributed by atoms with E-state index in [1.807, 2.05) is 6.07 Å². The number of hydrogen-bond acceptors (Lipinski definition) is 4. The number of allylic oxidation sites excluding steroid dienone is 1. The molecule has 0 saturated carbocycles. The largest absolute Gasteiger partial charge is 0.366 e. The molecule has 0 saturated heterocycles. The predicted octanol–water partition coefficient (Wildman–Crippen LogP) is 0.753. The van der Waals surface area contributed by atoms with Gasteiger partial charge < -0.3 is 11.1 Å². The van der Waals surface area contributed by atoms with Crippen LogP contribution in [0.2, 0.25) is 0 Å². The van der Waals surface area contributed by atoms with Crippen LogP contribution >= 0.6 is 0 Å². The van der Waals surface area contributed by atoms with Gasteiger partial charge in [0.25, 0.3) is 0 Å². The van der Waals surface area contributed by atoms with E-state index in [1.165, 1.54) is 25.3 Å². The summed E-state index contributed by atoms with van der Waals surface area (Å²) in [6, 6.07) is 4.99. The van der Waals surface area contributed by atoms with Crippen LogP contribution in [0, 0.1) is 16.7 Å². The molecule has 0 fully saturated rings. The van der Waals surface area contributed by atoms with E-state index in [0.717, 1.165) is 0 Å². The lowest BCUT2D eigenvalue weighted by Crippen LogP contribution is -2.13. The average molecular weight is 214 g/mol. The number of hydrogen-bond donors (Lipinski definition) is 2. The smallest absolute Gasteiger partial charge is 0.244 e. The molecular weight excluding hydrogens is 204 g/mol. The van der Waals surface area contributed by atoms with Crippen LogP contribution in [0.1, 0.15) is 18.2 Å². The maximum atomic E-state index is 10.8. The SMILES string of the molecule is C/C(=C/C(=N)c1ccc(C#N)nc1)C(N)=O. The summed E-state index contributed by atoms with van der Waals surface area (Å²) in [5.41, 5.74) is 6.29. The Morgan fingerprint density at radius 1 is 1.62 bits per heavy atom. The van der Waals surface area contributed by atoms with Gasteiger partial charge in [-0.1, -0.05) is 0 Å². The third-order valence-electron chi connectivity index (χ3n) is 1.94. The van der Waals surface area contributed by atoms with Gasteiger partial charge in [-0.2, -0.15) is 5.26 Å². The molecule has 1 amide bonds. The Balaban J connectivity index is 2.94. The highest BCUT2D eigenvalue weighted by atomic mass is 16.1. The third kappa shape index (κ3) is 2.75. The number of nitriles is 1. The molecule has 16 heavy (non-hydrogen) atoms. The van der Waals surface area contributed by atoms with E-state index < -0.39 is 5.91 Å². The number of amides is 1. The Bertz CT molecular complexity index is 494. The third-order valence-corrected chi connectivity index (χ3v) is 1.94. The van der Waals surface area contributed by atoms with Gasteiger partial charge in [0.1, 0.15) is 11.8 Å². The first-order valence-corrected chi connectivity index (χ1v) is 4.47. The molecular formula is C11H10N4O. The molecule has 0 aromatic carbocycles. The van der Waals surface area contributed by atoms with Gasteiger partial charge in [0, 0.05) is 17.3 Å². The molecule has 1 aromatic heterocycles. The van der Waals surface area contributed by atoms with Crippen LogP contribution in [-0.2, 0) is 4.79 Å². The number of carbonyl (C=O) groups excluding carboxylic acids is 1. The second-order valence-corrected chi connectivity index (χ2v) is 3.15. The van der Waals surface area contributed by atoms with E-state index in [2.05, 4.69) is 4.98 Å². The van der Waals surface area contributed by atoms with Crippen LogP contribution < -0.4 is 5.73 Å². The highest BCUT2D eigenvalue weighted by Crippen LogP contribution is 2.03. The lowest BCUT2D eigenvalue weighted by Gasteiger charge is -1.99. The monoisotopic (exact) mass is 214 g/mol. The first-order chi connectivity index (χ1) is 7.54. The molecule has 1 heterocycles. The van der Waals surface area contributed by atoms with Crippen molar-refractivity contribution in [1.82, 2.24) is 4.98 Å². The first-order valence-electron chi connectivity index (χ1n) is 4.47. The second kappa shape index (κ2) is 4.84. The molecule has 1 aromatic rings. The maximum Gasteiger partial charge on any atom is 0.244 e. The summed E-state index contributed by atoms with van der Waals surface area (Å²) in [5, 5.41) is 16.2. The standard InChI is InChI=1S/C11H10N4O/c1-7(11(14)16)4-10(13)8-2-3-9(5-12)15-6-8/h2-4,6,13H,1H3,(H2,14,16)/b7-4-,13-10?. The summed E-state index contributed by atoms with van der Waals surface area (Å²) in [7, 11) is 0. The summed E-state index contributed by atoms with van der Waals surface area (Å²) >= 11 is 0. The highest BCUT2D eigenvalue weighted by molar-refractivity contribution is 6.10. The Kier molecular flexibility index (Phi) is 3.51. The van der Waals surface area contributed by atoms with Gasteiger partial charge in [-0.15, -0.1) is 0 Å². The molecule has 5 nitrogen and oxygen atoms in total. The van der Waals surface area contributed by atoms with Crippen molar-refractivity contribution in [3.05, 3.63) is 41.2 Å². The van der Waals surface area contributed by atoms with E-state index >= 15 is 0 Å². The number of aromatic nitrogens is 1. The molecule has 0 aliphatic rings. The van der Waals surface area contributed by atoms with Crippen molar-refractivity contribution >= 4 is 11.6 Å². The number of nitrogens with one attached hydrogen (secondary N) is 1. The Labute approximate surface area is 92.7 Å². The number of primary amides is 1. The van der Waals surface area contributed by atoms with E-state index in [4.69, 9.17) is 16.4 Å². The average Bonchev–Trinajstić information content (AvgIpc) is 2.28. The number of carbonyl (C=O) groups is 1.